The summed E-state index contributed by atoms with van der Waals surface area (Å²) in [5.41, 5.74) is 1.05. The molecule has 0 unspecified atom stereocenters. The van der Waals surface area contributed by atoms with Gasteiger partial charge in [0.2, 0.25) is 0 Å². The minimum Gasteiger partial charge on any atom is -0.316 e. The second-order valence-electron chi connectivity index (χ2n) is 9.86. The summed E-state index contributed by atoms with van der Waals surface area (Å²) in [6, 6.07) is 2.63. The van der Waals surface area contributed by atoms with E-state index in [1.165, 1.54) is 12.1 Å². The van der Waals surface area contributed by atoms with Crippen molar-refractivity contribution in [1.29, 1.82) is 0 Å². The molecule has 0 bridgehead atoms. The van der Waals surface area contributed by atoms with Crippen LogP contribution in [0.1, 0.15) is 22.3 Å². The Kier molecular flexibility index (Phi) is 6.64. The highest BCUT2D eigenvalue weighted by atomic mass is 16.6. The number of benzene rings is 2. The largest absolute Gasteiger partial charge is 0.316 e. The molecule has 2 aliphatic rings. The maximum atomic E-state index is 11.5. The molecule has 2 aromatic heterocycles. The number of aromatic amines is 4. The molecule has 40 heavy (non-hydrogen) atoms. The van der Waals surface area contributed by atoms with Gasteiger partial charge < -0.3 is 29.7 Å². The molecule has 4 N–H and O–H groups in total. The number of likely N-dealkylation sites (N-methyl/N-ethyl adjacent to an activating group) is 2. The van der Waals surface area contributed by atoms with Crippen molar-refractivity contribution < 1.29 is 9.85 Å². The van der Waals surface area contributed by atoms with Crippen LogP contribution in [0.2, 0.25) is 0 Å². The van der Waals surface area contributed by atoms with Crippen molar-refractivity contribution in [3.05, 3.63) is 96.0 Å². The first-order valence-corrected chi connectivity index (χ1v) is 12.2. The molecule has 0 saturated carbocycles. The number of nitro groups is 2. The van der Waals surface area contributed by atoms with Crippen molar-refractivity contribution in [3.63, 3.8) is 0 Å². The first kappa shape index (κ1) is 26.6. The van der Waals surface area contributed by atoms with Crippen molar-refractivity contribution in [2.75, 3.05) is 27.2 Å². The Balaban J connectivity index is 0.000000161. The number of rotatable bonds is 2. The van der Waals surface area contributed by atoms with Crippen LogP contribution < -0.4 is 22.2 Å². The number of aromatic nitrogens is 4. The predicted octanol–water partition coefficient (Wildman–Crippen LogP) is 0.225. The van der Waals surface area contributed by atoms with Crippen LogP contribution in [-0.2, 0) is 25.9 Å². The summed E-state index contributed by atoms with van der Waals surface area (Å²) in [7, 11) is 3.80. The number of hydrogen-bond acceptors (Lipinski definition) is 10. The summed E-state index contributed by atoms with van der Waals surface area (Å²) in [5.74, 6) is 0. The third-order valence-electron chi connectivity index (χ3n) is 7.17. The summed E-state index contributed by atoms with van der Waals surface area (Å²) < 4.78 is 0. The van der Waals surface area contributed by atoms with Crippen molar-refractivity contribution in [2.24, 2.45) is 0 Å². The Morgan fingerprint density at radius 2 is 0.975 bits per heavy atom. The lowest BCUT2D eigenvalue weighted by atomic mass is 9.96. The maximum Gasteiger partial charge on any atom is 0.314 e. The van der Waals surface area contributed by atoms with Crippen molar-refractivity contribution in [1.82, 2.24) is 29.7 Å². The Hall–Kier alpha value is -4.96. The molecule has 0 radical (unpaired) electrons. The van der Waals surface area contributed by atoms with Gasteiger partial charge in [-0.3, -0.25) is 39.4 Å². The summed E-state index contributed by atoms with van der Waals surface area (Å²) in [6.07, 6.45) is 1.08. The molecule has 2 aromatic carbocycles. The van der Waals surface area contributed by atoms with Gasteiger partial charge in [0.1, 0.15) is 0 Å². The topological polar surface area (TPSA) is 224 Å². The maximum absolute atomic E-state index is 11.5. The van der Waals surface area contributed by atoms with E-state index in [0.29, 0.717) is 72.3 Å². The van der Waals surface area contributed by atoms with E-state index in [1.807, 2.05) is 23.9 Å². The highest BCUT2D eigenvalue weighted by Crippen LogP contribution is 2.33. The molecule has 0 amide bonds. The van der Waals surface area contributed by atoms with E-state index in [-0.39, 0.29) is 22.4 Å². The lowest BCUT2D eigenvalue weighted by molar-refractivity contribution is -0.385. The molecule has 4 heterocycles. The smallest absolute Gasteiger partial charge is 0.314 e. The highest BCUT2D eigenvalue weighted by Gasteiger charge is 2.27. The molecule has 0 aliphatic carbocycles. The number of nitrogens with zero attached hydrogens (tertiary/aromatic N) is 4. The summed E-state index contributed by atoms with van der Waals surface area (Å²) in [6.45, 7) is 2.42. The summed E-state index contributed by atoms with van der Waals surface area (Å²) >= 11 is 0. The van der Waals surface area contributed by atoms with E-state index in [0.717, 1.165) is 0 Å². The Labute approximate surface area is 222 Å². The normalized spacial score (nSPS) is 15.2. The van der Waals surface area contributed by atoms with Gasteiger partial charge in [0, 0.05) is 60.6 Å². The average molecular weight is 553 g/mol. The average Bonchev–Trinajstić information content (AvgIpc) is 2.89. The van der Waals surface area contributed by atoms with Gasteiger partial charge >= 0.3 is 22.2 Å². The summed E-state index contributed by atoms with van der Waals surface area (Å²) in [4.78, 5) is 81.0. The lowest BCUT2D eigenvalue weighted by Crippen LogP contribution is -2.32. The number of fused-ring (bicyclic) bond motifs is 6. The van der Waals surface area contributed by atoms with Gasteiger partial charge in [-0.2, -0.15) is 0 Å². The molecule has 6 rings (SSSR count). The van der Waals surface area contributed by atoms with Gasteiger partial charge in [-0.25, -0.2) is 0 Å². The van der Waals surface area contributed by atoms with E-state index in [9.17, 15) is 39.4 Å². The number of hydrogen-bond donors (Lipinski definition) is 4. The fourth-order valence-electron chi connectivity index (χ4n) is 5.25. The van der Waals surface area contributed by atoms with E-state index < -0.39 is 32.1 Å². The van der Waals surface area contributed by atoms with E-state index in [2.05, 4.69) is 19.9 Å². The minimum absolute atomic E-state index is 0.0108. The van der Waals surface area contributed by atoms with Gasteiger partial charge in [-0.05, 0) is 26.9 Å². The van der Waals surface area contributed by atoms with Crippen LogP contribution in [-0.4, -0.2) is 66.8 Å². The van der Waals surface area contributed by atoms with Crippen LogP contribution in [0, 0.1) is 20.2 Å². The second kappa shape index (κ2) is 9.97. The first-order valence-electron chi connectivity index (χ1n) is 12.2. The summed E-state index contributed by atoms with van der Waals surface area (Å²) in [5, 5.41) is 22.4. The van der Waals surface area contributed by atoms with Gasteiger partial charge in [0.15, 0.2) is 0 Å². The van der Waals surface area contributed by atoms with Crippen molar-refractivity contribution >= 4 is 33.4 Å². The second-order valence-corrected chi connectivity index (χ2v) is 9.86. The quantitative estimate of drug-likeness (QED) is 0.150. The first-order chi connectivity index (χ1) is 18.9. The monoisotopic (exact) mass is 552 g/mol. The van der Waals surface area contributed by atoms with Crippen molar-refractivity contribution in [3.8, 4) is 0 Å². The van der Waals surface area contributed by atoms with E-state index >= 15 is 0 Å². The number of H-pyrrole nitrogens is 4. The molecular weight excluding hydrogens is 528 g/mol. The molecule has 208 valence electrons. The van der Waals surface area contributed by atoms with Crippen LogP contribution in [0.15, 0.2) is 31.3 Å². The van der Waals surface area contributed by atoms with Gasteiger partial charge in [0.25, 0.3) is 11.4 Å². The van der Waals surface area contributed by atoms with E-state index in [4.69, 9.17) is 0 Å². The Morgan fingerprint density at radius 3 is 1.32 bits per heavy atom. The Morgan fingerprint density at radius 1 is 0.625 bits per heavy atom. The van der Waals surface area contributed by atoms with Crippen LogP contribution in [0.3, 0.4) is 0 Å². The standard InChI is InChI=1S/2C12H12N4O4/c2*1-15-3-2-6-7(5-15)10-8(4-9(6)16(19)20)13-11(17)12(18)14-10/h2*4H,2-3,5H2,1H3,(H,13,17)(H,14,18). The fourth-order valence-corrected chi connectivity index (χ4v) is 5.25. The zero-order valence-electron chi connectivity index (χ0n) is 21.5. The van der Waals surface area contributed by atoms with Gasteiger partial charge in [0.05, 0.1) is 31.9 Å². The van der Waals surface area contributed by atoms with Gasteiger partial charge in [-0.15, -0.1) is 0 Å². The molecule has 16 heteroatoms. The molecule has 0 atom stereocenters. The number of nitrogens with one attached hydrogen (secondary N) is 4. The molecular formula is C24H24N8O8. The SMILES string of the molecule is CN1CCc2c([N+](=O)[O-])cc3[nH]c(=O)c(=O)[nH]c3c2C1.CN1CCc2c([N+](=O)[O-])cc3[nH]c(=O)c(=O)[nH]c3c2C1. The molecule has 16 nitrogen and oxygen atoms in total. The molecule has 0 saturated heterocycles. The minimum atomic E-state index is -0.809. The number of nitro benzene ring substituents is 2. The van der Waals surface area contributed by atoms with Gasteiger partial charge in [-0.1, -0.05) is 0 Å². The highest BCUT2D eigenvalue weighted by molar-refractivity contribution is 5.84. The zero-order chi connectivity index (χ0) is 28.9. The van der Waals surface area contributed by atoms with Crippen LogP contribution >= 0.6 is 0 Å². The van der Waals surface area contributed by atoms with Crippen LogP contribution in [0.5, 0.6) is 0 Å². The predicted molar refractivity (Wildman–Crippen MR) is 144 cm³/mol. The molecule has 0 fully saturated rings. The zero-order valence-corrected chi connectivity index (χ0v) is 21.5. The van der Waals surface area contributed by atoms with Crippen LogP contribution in [0.4, 0.5) is 11.4 Å². The van der Waals surface area contributed by atoms with Crippen molar-refractivity contribution in [2.45, 2.75) is 25.9 Å². The third kappa shape index (κ3) is 4.69. The van der Waals surface area contributed by atoms with E-state index in [1.54, 1.807) is 0 Å². The molecule has 2 aliphatic heterocycles. The Bertz CT molecular complexity index is 1810. The molecule has 4 aromatic rings. The third-order valence-corrected chi connectivity index (χ3v) is 7.17. The fraction of sp³-hybridized carbons (Fsp3) is 0.333. The lowest BCUT2D eigenvalue weighted by Gasteiger charge is -2.25. The van der Waals surface area contributed by atoms with Crippen LogP contribution in [0.25, 0.3) is 22.1 Å². The molecule has 0 spiro atoms.